The van der Waals surface area contributed by atoms with Crippen LogP contribution in [-0.4, -0.2) is 24.2 Å². The predicted octanol–water partition coefficient (Wildman–Crippen LogP) is 3.92. The van der Waals surface area contributed by atoms with Crippen LogP contribution in [0, 0.1) is 0 Å². The number of ether oxygens (including phenoxy) is 2. The highest BCUT2D eigenvalue weighted by molar-refractivity contribution is 6.32. The first-order valence-corrected chi connectivity index (χ1v) is 8.68. The molecule has 4 rings (SSSR count). The van der Waals surface area contributed by atoms with E-state index in [9.17, 15) is 4.79 Å². The van der Waals surface area contributed by atoms with Crippen LogP contribution in [0.2, 0.25) is 5.02 Å². The van der Waals surface area contributed by atoms with Crippen LogP contribution in [0.3, 0.4) is 0 Å². The van der Waals surface area contributed by atoms with Gasteiger partial charge in [-0.25, -0.2) is 0 Å². The van der Waals surface area contributed by atoms with E-state index in [-0.39, 0.29) is 12.7 Å². The number of benzene rings is 2. The quantitative estimate of drug-likeness (QED) is 0.671. The third-order valence-corrected chi connectivity index (χ3v) is 4.53. The second-order valence-corrected chi connectivity index (χ2v) is 6.38. The predicted molar refractivity (Wildman–Crippen MR) is 102 cm³/mol. The van der Waals surface area contributed by atoms with Gasteiger partial charge in [-0.1, -0.05) is 29.8 Å². The van der Waals surface area contributed by atoms with Gasteiger partial charge < -0.3 is 19.8 Å². The molecule has 26 heavy (non-hydrogen) atoms. The molecule has 1 aliphatic heterocycles. The van der Waals surface area contributed by atoms with Crippen LogP contribution in [0.5, 0.6) is 11.5 Å². The molecular weight excluding hydrogens is 352 g/mol. The number of nitrogens with one attached hydrogen (secondary N) is 2. The lowest BCUT2D eigenvalue weighted by Crippen LogP contribution is -2.23. The number of hydrogen-bond donors (Lipinski definition) is 2. The maximum absolute atomic E-state index is 12.0. The molecule has 132 valence electrons. The van der Waals surface area contributed by atoms with Crippen molar-refractivity contribution in [2.75, 3.05) is 13.3 Å². The lowest BCUT2D eigenvalue weighted by atomic mass is 10.1. The Hall–Kier alpha value is -2.92. The summed E-state index contributed by atoms with van der Waals surface area (Å²) in [5, 5.41) is 4.55. The van der Waals surface area contributed by atoms with E-state index in [1.807, 2.05) is 24.4 Å². The van der Waals surface area contributed by atoms with Crippen molar-refractivity contribution in [1.29, 1.82) is 0 Å². The average molecular weight is 369 g/mol. The Morgan fingerprint density at radius 2 is 2.15 bits per heavy atom. The Kier molecular flexibility index (Phi) is 4.54. The molecule has 1 aliphatic rings. The Bertz CT molecular complexity index is 994. The van der Waals surface area contributed by atoms with Crippen LogP contribution in [0.4, 0.5) is 0 Å². The van der Waals surface area contributed by atoms with Gasteiger partial charge in [-0.15, -0.1) is 0 Å². The van der Waals surface area contributed by atoms with Gasteiger partial charge in [0.2, 0.25) is 12.7 Å². The number of para-hydroxylation sites is 1. The smallest absolute Gasteiger partial charge is 0.244 e. The van der Waals surface area contributed by atoms with Gasteiger partial charge in [0.05, 0.1) is 5.02 Å². The van der Waals surface area contributed by atoms with E-state index in [1.165, 1.54) is 17.0 Å². The van der Waals surface area contributed by atoms with Gasteiger partial charge in [0.25, 0.3) is 0 Å². The summed E-state index contributed by atoms with van der Waals surface area (Å²) < 4.78 is 10.6. The van der Waals surface area contributed by atoms with Gasteiger partial charge in [-0.3, -0.25) is 4.79 Å². The van der Waals surface area contributed by atoms with Gasteiger partial charge in [0.1, 0.15) is 0 Å². The van der Waals surface area contributed by atoms with Crippen LogP contribution >= 0.6 is 11.6 Å². The first-order valence-electron chi connectivity index (χ1n) is 8.31. The van der Waals surface area contributed by atoms with Crippen molar-refractivity contribution in [1.82, 2.24) is 10.3 Å². The zero-order valence-electron chi connectivity index (χ0n) is 13.9. The van der Waals surface area contributed by atoms with Gasteiger partial charge in [-0.05, 0) is 41.8 Å². The highest BCUT2D eigenvalue weighted by Crippen LogP contribution is 2.40. The van der Waals surface area contributed by atoms with Gasteiger partial charge in [0.15, 0.2) is 11.5 Å². The molecule has 5 nitrogen and oxygen atoms in total. The Morgan fingerprint density at radius 1 is 1.27 bits per heavy atom. The standard InChI is InChI=1S/C20H17ClN2O3/c21-16-9-13(10-18-20(16)26-12-25-18)5-6-19(24)22-8-7-14-11-23-17-4-2-1-3-15(14)17/h1-6,9-11,23H,7-8,12H2,(H,22,24). The second kappa shape index (κ2) is 7.14. The average Bonchev–Trinajstić information content (AvgIpc) is 3.27. The number of halogens is 1. The molecule has 1 amide bonds. The van der Waals surface area contributed by atoms with Crippen LogP contribution in [0.15, 0.2) is 48.7 Å². The first kappa shape index (κ1) is 16.5. The van der Waals surface area contributed by atoms with E-state index >= 15 is 0 Å². The number of amides is 1. The zero-order valence-corrected chi connectivity index (χ0v) is 14.7. The molecule has 2 heterocycles. The van der Waals surface area contributed by atoms with E-state index in [4.69, 9.17) is 21.1 Å². The highest BCUT2D eigenvalue weighted by Gasteiger charge is 2.17. The SMILES string of the molecule is O=C(C=Cc1cc(Cl)c2c(c1)OCO2)NCCc1c[nH]c2ccccc12. The molecule has 2 aromatic carbocycles. The summed E-state index contributed by atoms with van der Waals surface area (Å²) in [4.78, 5) is 15.3. The fraction of sp³-hybridized carbons (Fsp3) is 0.150. The number of H-pyrrole nitrogens is 1. The molecule has 0 saturated carbocycles. The molecule has 0 spiro atoms. The summed E-state index contributed by atoms with van der Waals surface area (Å²) in [7, 11) is 0. The minimum atomic E-state index is -0.154. The fourth-order valence-corrected chi connectivity index (χ4v) is 3.25. The van der Waals surface area contributed by atoms with Gasteiger partial charge in [0, 0.05) is 29.7 Å². The maximum Gasteiger partial charge on any atom is 0.244 e. The lowest BCUT2D eigenvalue weighted by Gasteiger charge is -2.03. The Labute approximate surface area is 155 Å². The van der Waals surface area contributed by atoms with E-state index < -0.39 is 0 Å². The highest BCUT2D eigenvalue weighted by atomic mass is 35.5. The Balaban J connectivity index is 1.34. The number of aromatic amines is 1. The molecule has 1 aromatic heterocycles. The third kappa shape index (κ3) is 3.39. The molecule has 2 N–H and O–H groups in total. The van der Waals surface area contributed by atoms with Crippen molar-refractivity contribution in [3.63, 3.8) is 0 Å². The molecule has 3 aromatic rings. The van der Waals surface area contributed by atoms with Crippen molar-refractivity contribution in [3.05, 3.63) is 64.8 Å². The largest absolute Gasteiger partial charge is 0.454 e. The number of carbonyl (C=O) groups excluding carboxylic acids is 1. The number of aromatic nitrogens is 1. The summed E-state index contributed by atoms with van der Waals surface area (Å²) in [6, 6.07) is 11.7. The van der Waals surface area contributed by atoms with Gasteiger partial charge >= 0.3 is 0 Å². The molecule has 0 saturated heterocycles. The Morgan fingerprint density at radius 3 is 3.08 bits per heavy atom. The number of rotatable bonds is 5. The van der Waals surface area contributed by atoms with Crippen molar-refractivity contribution in [2.45, 2.75) is 6.42 Å². The fourth-order valence-electron chi connectivity index (χ4n) is 2.97. The van der Waals surface area contributed by atoms with Crippen molar-refractivity contribution in [3.8, 4) is 11.5 Å². The molecule has 6 heteroatoms. The summed E-state index contributed by atoms with van der Waals surface area (Å²) in [5.74, 6) is 0.988. The molecule has 0 radical (unpaired) electrons. The molecular formula is C20H17ClN2O3. The van der Waals surface area contributed by atoms with Crippen molar-refractivity contribution < 1.29 is 14.3 Å². The molecule has 0 bridgehead atoms. The monoisotopic (exact) mass is 368 g/mol. The van der Waals surface area contributed by atoms with E-state index in [2.05, 4.69) is 16.4 Å². The minimum Gasteiger partial charge on any atom is -0.454 e. The van der Waals surface area contributed by atoms with Crippen LogP contribution in [0.1, 0.15) is 11.1 Å². The lowest BCUT2D eigenvalue weighted by molar-refractivity contribution is -0.116. The maximum atomic E-state index is 12.0. The van der Waals surface area contributed by atoms with E-state index in [0.29, 0.717) is 23.1 Å². The number of carbonyl (C=O) groups is 1. The first-order chi connectivity index (χ1) is 12.7. The van der Waals surface area contributed by atoms with Gasteiger partial charge in [-0.2, -0.15) is 0 Å². The summed E-state index contributed by atoms with van der Waals surface area (Å²) in [5.41, 5.74) is 3.08. The van der Waals surface area contributed by atoms with Crippen LogP contribution in [-0.2, 0) is 11.2 Å². The molecule has 0 unspecified atom stereocenters. The summed E-state index contributed by atoms with van der Waals surface area (Å²) in [6.45, 7) is 0.726. The number of fused-ring (bicyclic) bond motifs is 2. The van der Waals surface area contributed by atoms with E-state index in [0.717, 1.165) is 17.5 Å². The molecule has 0 fully saturated rings. The van der Waals surface area contributed by atoms with Crippen LogP contribution < -0.4 is 14.8 Å². The minimum absolute atomic E-state index is 0.154. The normalized spacial score (nSPS) is 12.8. The topological polar surface area (TPSA) is 63.4 Å². The third-order valence-electron chi connectivity index (χ3n) is 4.25. The number of hydrogen-bond acceptors (Lipinski definition) is 3. The van der Waals surface area contributed by atoms with E-state index in [1.54, 1.807) is 18.2 Å². The van der Waals surface area contributed by atoms with Crippen molar-refractivity contribution in [2.24, 2.45) is 0 Å². The zero-order chi connectivity index (χ0) is 17.9. The summed E-state index contributed by atoms with van der Waals surface area (Å²) in [6.07, 6.45) is 5.94. The molecule has 0 atom stereocenters. The summed E-state index contributed by atoms with van der Waals surface area (Å²) >= 11 is 6.14. The second-order valence-electron chi connectivity index (χ2n) is 5.97. The molecule has 0 aliphatic carbocycles. The van der Waals surface area contributed by atoms with Crippen LogP contribution in [0.25, 0.3) is 17.0 Å². The van der Waals surface area contributed by atoms with Crippen molar-refractivity contribution >= 4 is 34.5 Å².